The van der Waals surface area contributed by atoms with E-state index in [1.807, 2.05) is 18.5 Å². The highest BCUT2D eigenvalue weighted by atomic mass is 15.2. The minimum atomic E-state index is 0.923. The summed E-state index contributed by atoms with van der Waals surface area (Å²) in [4.78, 5) is 13.6. The summed E-state index contributed by atoms with van der Waals surface area (Å²) < 4.78 is 0. The zero-order valence-electron chi connectivity index (χ0n) is 13.5. The number of hydrogen-bond donors (Lipinski definition) is 0. The highest BCUT2D eigenvalue weighted by Crippen LogP contribution is 2.32. The first kappa shape index (κ1) is 14.0. The molecule has 1 aliphatic rings. The van der Waals surface area contributed by atoms with E-state index in [0.717, 1.165) is 30.8 Å². The third kappa shape index (κ3) is 2.40. The molecule has 0 saturated heterocycles. The number of pyridine rings is 2. The van der Waals surface area contributed by atoms with E-state index in [9.17, 15) is 0 Å². The summed E-state index contributed by atoms with van der Waals surface area (Å²) in [5, 5.41) is 1.22. The Kier molecular flexibility index (Phi) is 3.37. The van der Waals surface area contributed by atoms with E-state index in [1.165, 1.54) is 22.2 Å². The van der Waals surface area contributed by atoms with E-state index in [0.29, 0.717) is 0 Å². The quantitative estimate of drug-likeness (QED) is 0.727. The summed E-state index contributed by atoms with van der Waals surface area (Å²) in [7, 11) is 4.12. The lowest BCUT2D eigenvalue weighted by Crippen LogP contribution is -2.32. The lowest BCUT2D eigenvalue weighted by Gasteiger charge is -2.33. The zero-order chi connectivity index (χ0) is 15.8. The van der Waals surface area contributed by atoms with E-state index in [2.05, 4.69) is 64.2 Å². The molecule has 4 rings (SSSR count). The molecule has 116 valence electrons. The van der Waals surface area contributed by atoms with Crippen molar-refractivity contribution in [1.82, 2.24) is 9.97 Å². The Bertz CT molecular complexity index is 852. The molecule has 0 fully saturated rings. The minimum Gasteiger partial charge on any atom is -0.366 e. The van der Waals surface area contributed by atoms with E-state index >= 15 is 0 Å². The van der Waals surface area contributed by atoms with Gasteiger partial charge in [0.2, 0.25) is 0 Å². The maximum absolute atomic E-state index is 4.54. The van der Waals surface area contributed by atoms with Crippen LogP contribution in [0.5, 0.6) is 0 Å². The highest BCUT2D eigenvalue weighted by Gasteiger charge is 2.21. The molecule has 0 saturated carbocycles. The molecule has 0 spiro atoms. The smallest absolute Gasteiger partial charge is 0.131 e. The molecule has 0 aliphatic carbocycles. The Morgan fingerprint density at radius 3 is 2.70 bits per heavy atom. The molecule has 0 unspecified atom stereocenters. The van der Waals surface area contributed by atoms with Gasteiger partial charge in [0.05, 0.1) is 5.52 Å². The number of fused-ring (bicyclic) bond motifs is 2. The van der Waals surface area contributed by atoms with Crippen molar-refractivity contribution in [2.75, 3.05) is 30.4 Å². The van der Waals surface area contributed by atoms with Gasteiger partial charge in [-0.15, -0.1) is 0 Å². The number of benzene rings is 1. The summed E-state index contributed by atoms with van der Waals surface area (Å²) in [6, 6.07) is 12.6. The molecule has 0 atom stereocenters. The van der Waals surface area contributed by atoms with Gasteiger partial charge >= 0.3 is 0 Å². The molecule has 0 bridgehead atoms. The van der Waals surface area contributed by atoms with Crippen LogP contribution in [-0.4, -0.2) is 30.6 Å². The summed E-state index contributed by atoms with van der Waals surface area (Å²) in [5.74, 6) is 1.10. The number of aromatic nitrogens is 2. The van der Waals surface area contributed by atoms with Crippen LogP contribution in [0, 0.1) is 0 Å². The Morgan fingerprint density at radius 2 is 1.83 bits per heavy atom. The summed E-state index contributed by atoms with van der Waals surface area (Å²) >= 11 is 0. The maximum Gasteiger partial charge on any atom is 0.131 e. The molecule has 3 heterocycles. The highest BCUT2D eigenvalue weighted by molar-refractivity contribution is 5.91. The van der Waals surface area contributed by atoms with Crippen LogP contribution in [0.4, 0.5) is 11.5 Å². The van der Waals surface area contributed by atoms with Gasteiger partial charge in [-0.05, 0) is 30.2 Å². The fraction of sp³-hybridized carbons (Fsp3) is 0.263. The summed E-state index contributed by atoms with van der Waals surface area (Å²) in [5.41, 5.74) is 5.08. The van der Waals surface area contributed by atoms with E-state index in [4.69, 9.17) is 0 Å². The maximum atomic E-state index is 4.54. The lowest BCUT2D eigenvalue weighted by atomic mass is 9.99. The minimum absolute atomic E-state index is 0.923. The van der Waals surface area contributed by atoms with Gasteiger partial charge in [0, 0.05) is 56.2 Å². The van der Waals surface area contributed by atoms with E-state index in [1.54, 1.807) is 0 Å². The third-order valence-corrected chi connectivity index (χ3v) is 4.51. The van der Waals surface area contributed by atoms with Crippen molar-refractivity contribution in [2.45, 2.75) is 13.0 Å². The molecular weight excluding hydrogens is 284 g/mol. The normalized spacial score (nSPS) is 13.9. The van der Waals surface area contributed by atoms with Crippen molar-refractivity contribution in [3.05, 3.63) is 59.9 Å². The topological polar surface area (TPSA) is 32.3 Å². The Labute approximate surface area is 136 Å². The predicted octanol–water partition coefficient (Wildman–Crippen LogP) is 3.26. The van der Waals surface area contributed by atoms with Gasteiger partial charge < -0.3 is 9.80 Å². The van der Waals surface area contributed by atoms with Crippen LogP contribution in [0.3, 0.4) is 0 Å². The van der Waals surface area contributed by atoms with Crippen LogP contribution in [-0.2, 0) is 13.0 Å². The summed E-state index contributed by atoms with van der Waals surface area (Å²) in [6.45, 7) is 1.93. The second kappa shape index (κ2) is 5.54. The molecule has 1 aromatic carbocycles. The molecule has 3 aromatic rings. The van der Waals surface area contributed by atoms with Gasteiger partial charge in [-0.25, -0.2) is 4.98 Å². The van der Waals surface area contributed by atoms with Crippen molar-refractivity contribution in [3.8, 4) is 0 Å². The monoisotopic (exact) mass is 304 g/mol. The molecule has 4 nitrogen and oxygen atoms in total. The fourth-order valence-electron chi connectivity index (χ4n) is 3.42. The van der Waals surface area contributed by atoms with Crippen LogP contribution >= 0.6 is 0 Å². The van der Waals surface area contributed by atoms with Gasteiger partial charge in [0.1, 0.15) is 5.82 Å². The Morgan fingerprint density at radius 1 is 1.00 bits per heavy atom. The Hall–Kier alpha value is -2.62. The lowest BCUT2D eigenvalue weighted by molar-refractivity contribution is 0.727. The molecule has 23 heavy (non-hydrogen) atoms. The molecule has 2 aromatic heterocycles. The second-order valence-electron chi connectivity index (χ2n) is 6.19. The van der Waals surface area contributed by atoms with Crippen molar-refractivity contribution in [2.24, 2.45) is 0 Å². The van der Waals surface area contributed by atoms with Crippen molar-refractivity contribution in [1.29, 1.82) is 0 Å². The van der Waals surface area contributed by atoms with Gasteiger partial charge in [0.15, 0.2) is 0 Å². The van der Waals surface area contributed by atoms with Crippen LogP contribution in [0.25, 0.3) is 10.9 Å². The Balaban J connectivity index is 1.74. The SMILES string of the molecule is CN(C)c1nccc2c1CCN(c1ccnc3ccccc13)C2. The van der Waals surface area contributed by atoms with Gasteiger partial charge in [-0.1, -0.05) is 18.2 Å². The number of nitrogens with zero attached hydrogens (tertiary/aromatic N) is 4. The second-order valence-corrected chi connectivity index (χ2v) is 6.19. The molecule has 4 heteroatoms. The first-order valence-corrected chi connectivity index (χ1v) is 7.97. The number of anilines is 2. The zero-order valence-corrected chi connectivity index (χ0v) is 13.5. The molecule has 0 amide bonds. The van der Waals surface area contributed by atoms with Gasteiger partial charge in [0.25, 0.3) is 0 Å². The molecule has 0 radical (unpaired) electrons. The molecular formula is C19H20N4. The van der Waals surface area contributed by atoms with Crippen molar-refractivity contribution < 1.29 is 0 Å². The average Bonchev–Trinajstić information content (AvgIpc) is 2.60. The van der Waals surface area contributed by atoms with Crippen molar-refractivity contribution in [3.63, 3.8) is 0 Å². The molecule has 1 aliphatic heterocycles. The fourth-order valence-corrected chi connectivity index (χ4v) is 3.42. The number of rotatable bonds is 2. The van der Waals surface area contributed by atoms with E-state index < -0.39 is 0 Å². The number of para-hydroxylation sites is 1. The van der Waals surface area contributed by atoms with Gasteiger partial charge in [-0.2, -0.15) is 0 Å². The largest absolute Gasteiger partial charge is 0.366 e. The van der Waals surface area contributed by atoms with Crippen molar-refractivity contribution >= 4 is 22.4 Å². The standard InChI is InChI=1S/C19H20N4/c1-22(2)19-15-9-12-23(13-14(15)7-10-21-19)18-8-11-20-17-6-4-3-5-16(17)18/h3-8,10-11H,9,12-13H2,1-2H3. The first-order valence-electron chi connectivity index (χ1n) is 7.97. The van der Waals surface area contributed by atoms with Crippen LogP contribution in [0.15, 0.2) is 48.8 Å². The third-order valence-electron chi connectivity index (χ3n) is 4.51. The molecule has 0 N–H and O–H groups in total. The van der Waals surface area contributed by atoms with Crippen LogP contribution in [0.1, 0.15) is 11.1 Å². The van der Waals surface area contributed by atoms with Crippen LogP contribution in [0.2, 0.25) is 0 Å². The number of hydrogen-bond acceptors (Lipinski definition) is 4. The van der Waals surface area contributed by atoms with Crippen LogP contribution < -0.4 is 9.80 Å². The predicted molar refractivity (Wildman–Crippen MR) is 95.1 cm³/mol. The van der Waals surface area contributed by atoms with E-state index in [-0.39, 0.29) is 0 Å². The summed E-state index contributed by atoms with van der Waals surface area (Å²) in [6.07, 6.45) is 4.85. The average molecular weight is 304 g/mol. The first-order chi connectivity index (χ1) is 11.2. The van der Waals surface area contributed by atoms with Gasteiger partial charge in [-0.3, -0.25) is 4.98 Å².